The minimum Gasteiger partial charge on any atom is -0.373 e. The summed E-state index contributed by atoms with van der Waals surface area (Å²) in [5, 5.41) is 0. The zero-order valence-corrected chi connectivity index (χ0v) is 11.7. The van der Waals surface area contributed by atoms with Crippen LogP contribution in [0, 0.1) is 6.92 Å². The van der Waals surface area contributed by atoms with Crippen molar-refractivity contribution >= 4 is 5.78 Å². The van der Waals surface area contributed by atoms with Gasteiger partial charge in [0.25, 0.3) is 0 Å². The fourth-order valence-electron chi connectivity index (χ4n) is 1.39. The van der Waals surface area contributed by atoms with Gasteiger partial charge in [-0.1, -0.05) is 29.8 Å². The summed E-state index contributed by atoms with van der Waals surface area (Å²) in [4.78, 5) is 11.8. The van der Waals surface area contributed by atoms with Crippen LogP contribution in [0.4, 0.5) is 0 Å². The molecule has 100 valence electrons. The summed E-state index contributed by atoms with van der Waals surface area (Å²) in [6.07, 6.45) is 0. The molecular weight excluding hydrogens is 228 g/mol. The molecule has 18 heavy (non-hydrogen) atoms. The van der Waals surface area contributed by atoms with Gasteiger partial charge in [-0.3, -0.25) is 4.79 Å². The first-order valence-electron chi connectivity index (χ1n) is 6.20. The molecule has 0 heterocycles. The van der Waals surface area contributed by atoms with Crippen molar-refractivity contribution in [1.82, 2.24) is 0 Å². The first-order valence-corrected chi connectivity index (χ1v) is 6.20. The van der Waals surface area contributed by atoms with Crippen molar-refractivity contribution in [3.63, 3.8) is 0 Å². The minimum absolute atomic E-state index is 0.00533. The Balaban J connectivity index is 2.24. The molecule has 0 radical (unpaired) electrons. The van der Waals surface area contributed by atoms with Crippen LogP contribution in [0.1, 0.15) is 36.7 Å². The Morgan fingerprint density at radius 3 is 2.28 bits per heavy atom. The molecule has 0 amide bonds. The number of carbonyl (C=O) groups excluding carboxylic acids is 1. The summed E-state index contributed by atoms with van der Waals surface area (Å²) >= 11 is 0. The van der Waals surface area contributed by atoms with Crippen molar-refractivity contribution in [2.75, 3.05) is 19.8 Å². The van der Waals surface area contributed by atoms with Crippen molar-refractivity contribution < 1.29 is 14.3 Å². The van der Waals surface area contributed by atoms with Gasteiger partial charge in [-0.2, -0.15) is 0 Å². The number of hydrogen-bond acceptors (Lipinski definition) is 3. The SMILES string of the molecule is Cc1ccc(C(=O)COCCOC(C)(C)C)cc1. The van der Waals surface area contributed by atoms with Crippen LogP contribution in [0.5, 0.6) is 0 Å². The van der Waals surface area contributed by atoms with Crippen LogP contribution in [-0.2, 0) is 9.47 Å². The average Bonchev–Trinajstić information content (AvgIpc) is 2.27. The second-order valence-electron chi connectivity index (χ2n) is 5.30. The topological polar surface area (TPSA) is 35.5 Å². The summed E-state index contributed by atoms with van der Waals surface area (Å²) < 4.78 is 10.8. The lowest BCUT2D eigenvalue weighted by molar-refractivity contribution is -0.0324. The lowest BCUT2D eigenvalue weighted by Crippen LogP contribution is -2.22. The maximum absolute atomic E-state index is 11.8. The monoisotopic (exact) mass is 250 g/mol. The fourth-order valence-corrected chi connectivity index (χ4v) is 1.39. The van der Waals surface area contributed by atoms with Gasteiger partial charge in [-0.05, 0) is 27.7 Å². The zero-order chi connectivity index (χ0) is 13.6. The fraction of sp³-hybridized carbons (Fsp3) is 0.533. The molecule has 1 aromatic carbocycles. The Bertz CT molecular complexity index is 374. The molecule has 0 N–H and O–H groups in total. The highest BCUT2D eigenvalue weighted by molar-refractivity contribution is 5.97. The molecule has 3 heteroatoms. The third-order valence-corrected chi connectivity index (χ3v) is 2.37. The minimum atomic E-state index is -0.162. The van der Waals surface area contributed by atoms with E-state index in [1.165, 1.54) is 0 Å². The molecule has 0 saturated carbocycles. The van der Waals surface area contributed by atoms with Gasteiger partial charge in [0.2, 0.25) is 0 Å². The van der Waals surface area contributed by atoms with Crippen molar-refractivity contribution in [3.8, 4) is 0 Å². The molecule has 0 atom stereocenters. The highest BCUT2D eigenvalue weighted by Crippen LogP contribution is 2.06. The highest BCUT2D eigenvalue weighted by Gasteiger charge is 2.10. The maximum Gasteiger partial charge on any atom is 0.188 e. The average molecular weight is 250 g/mol. The molecule has 0 aliphatic carbocycles. The number of rotatable bonds is 6. The summed E-state index contributed by atoms with van der Waals surface area (Å²) in [7, 11) is 0. The molecule has 0 aliphatic heterocycles. The lowest BCUT2D eigenvalue weighted by atomic mass is 10.1. The molecule has 0 saturated heterocycles. The summed E-state index contributed by atoms with van der Waals surface area (Å²) in [5.74, 6) is 0.00533. The summed E-state index contributed by atoms with van der Waals surface area (Å²) in [5.41, 5.74) is 1.67. The second kappa shape index (κ2) is 6.66. The van der Waals surface area contributed by atoms with E-state index in [-0.39, 0.29) is 18.0 Å². The number of ether oxygens (including phenoxy) is 2. The molecule has 0 fully saturated rings. The molecule has 3 nitrogen and oxygen atoms in total. The first kappa shape index (κ1) is 14.9. The highest BCUT2D eigenvalue weighted by atomic mass is 16.5. The number of ketones is 1. The van der Waals surface area contributed by atoms with E-state index in [1.807, 2.05) is 52.0 Å². The third-order valence-electron chi connectivity index (χ3n) is 2.37. The Labute approximate surface area is 109 Å². The van der Waals surface area contributed by atoms with Crippen molar-refractivity contribution in [3.05, 3.63) is 35.4 Å². The quantitative estimate of drug-likeness (QED) is 0.575. The van der Waals surface area contributed by atoms with Gasteiger partial charge in [-0.25, -0.2) is 0 Å². The van der Waals surface area contributed by atoms with E-state index in [1.54, 1.807) is 0 Å². The number of carbonyl (C=O) groups is 1. The van der Waals surface area contributed by atoms with Crippen LogP contribution >= 0.6 is 0 Å². The van der Waals surface area contributed by atoms with Crippen molar-refractivity contribution in [2.24, 2.45) is 0 Å². The number of hydrogen-bond donors (Lipinski definition) is 0. The van der Waals surface area contributed by atoms with E-state index >= 15 is 0 Å². The third kappa shape index (κ3) is 5.94. The molecule has 0 unspecified atom stereocenters. The van der Waals surface area contributed by atoms with E-state index in [9.17, 15) is 4.79 Å². The van der Waals surface area contributed by atoms with E-state index in [0.29, 0.717) is 18.8 Å². The van der Waals surface area contributed by atoms with Crippen LogP contribution in [-0.4, -0.2) is 31.2 Å². The number of Topliss-reactive ketones (excluding diaryl/α,β-unsaturated/α-hetero) is 1. The normalized spacial score (nSPS) is 11.6. The zero-order valence-electron chi connectivity index (χ0n) is 11.7. The second-order valence-corrected chi connectivity index (χ2v) is 5.30. The van der Waals surface area contributed by atoms with Gasteiger partial charge in [-0.15, -0.1) is 0 Å². The Hall–Kier alpha value is -1.19. The van der Waals surface area contributed by atoms with E-state index < -0.39 is 0 Å². The summed E-state index contributed by atoms with van der Waals surface area (Å²) in [6.45, 7) is 9.02. The predicted molar refractivity (Wildman–Crippen MR) is 72.0 cm³/mol. The van der Waals surface area contributed by atoms with Crippen molar-refractivity contribution in [2.45, 2.75) is 33.3 Å². The van der Waals surface area contributed by atoms with Crippen LogP contribution in [0.15, 0.2) is 24.3 Å². The van der Waals surface area contributed by atoms with Crippen LogP contribution in [0.3, 0.4) is 0 Å². The molecular formula is C15H22O3. The molecule has 0 bridgehead atoms. The van der Waals surface area contributed by atoms with E-state index in [4.69, 9.17) is 9.47 Å². The van der Waals surface area contributed by atoms with Gasteiger partial charge in [0.1, 0.15) is 6.61 Å². The standard InChI is InChI=1S/C15H22O3/c1-12-5-7-13(8-6-12)14(16)11-17-9-10-18-15(2,3)4/h5-8H,9-11H2,1-4H3. The van der Waals surface area contributed by atoms with Gasteiger partial charge < -0.3 is 9.47 Å². The van der Waals surface area contributed by atoms with Crippen LogP contribution in [0.2, 0.25) is 0 Å². The van der Waals surface area contributed by atoms with E-state index in [0.717, 1.165) is 5.56 Å². The van der Waals surface area contributed by atoms with Crippen LogP contribution < -0.4 is 0 Å². The molecule has 0 aromatic heterocycles. The smallest absolute Gasteiger partial charge is 0.188 e. The Kier molecular flexibility index (Phi) is 5.51. The first-order chi connectivity index (χ1) is 8.38. The van der Waals surface area contributed by atoms with Gasteiger partial charge in [0.05, 0.1) is 18.8 Å². The molecule has 1 aromatic rings. The van der Waals surface area contributed by atoms with Gasteiger partial charge in [0.15, 0.2) is 5.78 Å². The molecule has 0 aliphatic rings. The Morgan fingerprint density at radius 1 is 1.11 bits per heavy atom. The van der Waals surface area contributed by atoms with Gasteiger partial charge in [0, 0.05) is 5.56 Å². The molecule has 0 spiro atoms. The predicted octanol–water partition coefficient (Wildman–Crippen LogP) is 3.01. The maximum atomic E-state index is 11.8. The van der Waals surface area contributed by atoms with Crippen molar-refractivity contribution in [1.29, 1.82) is 0 Å². The largest absolute Gasteiger partial charge is 0.373 e. The van der Waals surface area contributed by atoms with Gasteiger partial charge >= 0.3 is 0 Å². The number of benzene rings is 1. The molecule has 1 rings (SSSR count). The number of aryl methyl sites for hydroxylation is 1. The van der Waals surface area contributed by atoms with Crippen LogP contribution in [0.25, 0.3) is 0 Å². The Morgan fingerprint density at radius 2 is 1.72 bits per heavy atom. The lowest BCUT2D eigenvalue weighted by Gasteiger charge is -2.19. The summed E-state index contributed by atoms with van der Waals surface area (Å²) in [6, 6.07) is 7.51. The van der Waals surface area contributed by atoms with E-state index in [2.05, 4.69) is 0 Å².